The van der Waals surface area contributed by atoms with E-state index in [2.05, 4.69) is 15.5 Å². The Morgan fingerprint density at radius 3 is 2.69 bits per heavy atom. The highest BCUT2D eigenvalue weighted by Crippen LogP contribution is 2.34. The summed E-state index contributed by atoms with van der Waals surface area (Å²) in [6.45, 7) is 6.38. The van der Waals surface area contributed by atoms with Gasteiger partial charge in [-0.2, -0.15) is 0 Å². The standard InChI is InChI=1S/C25H28N4O4S2/c1-16(2)11-12-35(32,33)21-10-5-4-9-20(21)23(31)26-25-28-27-24(34-25)18-14-22(30)29(15-18)19-8-6-7-17(3)13-19/h4-10,13,16,18H,11-12,14-15H2,1-3H3,(H,26,28,31). The van der Waals surface area contributed by atoms with Gasteiger partial charge in [0.15, 0.2) is 9.84 Å². The first-order valence-corrected chi connectivity index (χ1v) is 13.9. The molecule has 2 amide bonds. The molecule has 0 aliphatic carbocycles. The zero-order chi connectivity index (χ0) is 25.2. The number of hydrogen-bond donors (Lipinski definition) is 1. The molecule has 1 aromatic heterocycles. The molecule has 1 aliphatic heterocycles. The first kappa shape index (κ1) is 25.0. The van der Waals surface area contributed by atoms with Crippen molar-refractivity contribution in [3.8, 4) is 0 Å². The van der Waals surface area contributed by atoms with Crippen molar-refractivity contribution in [3.05, 3.63) is 64.7 Å². The van der Waals surface area contributed by atoms with E-state index in [1.165, 1.54) is 23.5 Å². The second-order valence-corrected chi connectivity index (χ2v) is 12.2. The van der Waals surface area contributed by atoms with Gasteiger partial charge < -0.3 is 4.90 Å². The zero-order valence-electron chi connectivity index (χ0n) is 19.9. The van der Waals surface area contributed by atoms with Gasteiger partial charge in [-0.25, -0.2) is 8.42 Å². The van der Waals surface area contributed by atoms with Crippen LogP contribution < -0.4 is 10.2 Å². The Morgan fingerprint density at radius 2 is 1.94 bits per heavy atom. The van der Waals surface area contributed by atoms with Crippen LogP contribution in [0.1, 0.15) is 53.5 Å². The molecule has 2 aromatic carbocycles. The highest BCUT2D eigenvalue weighted by Gasteiger charge is 2.34. The van der Waals surface area contributed by atoms with E-state index in [-0.39, 0.29) is 39.1 Å². The summed E-state index contributed by atoms with van der Waals surface area (Å²) in [7, 11) is -3.61. The van der Waals surface area contributed by atoms with Crippen molar-refractivity contribution >= 4 is 43.8 Å². The zero-order valence-corrected chi connectivity index (χ0v) is 21.5. The number of aromatic nitrogens is 2. The normalized spacial score (nSPS) is 16.2. The van der Waals surface area contributed by atoms with Gasteiger partial charge >= 0.3 is 0 Å². The minimum Gasteiger partial charge on any atom is -0.312 e. The lowest BCUT2D eigenvalue weighted by Gasteiger charge is -2.16. The maximum Gasteiger partial charge on any atom is 0.258 e. The molecule has 184 valence electrons. The lowest BCUT2D eigenvalue weighted by Crippen LogP contribution is -2.24. The van der Waals surface area contributed by atoms with E-state index in [0.29, 0.717) is 24.4 Å². The molecular weight excluding hydrogens is 484 g/mol. The summed E-state index contributed by atoms with van der Waals surface area (Å²) in [4.78, 5) is 27.4. The van der Waals surface area contributed by atoms with Crippen molar-refractivity contribution in [1.29, 1.82) is 0 Å². The third-order valence-electron chi connectivity index (χ3n) is 5.88. The molecule has 8 nitrogen and oxygen atoms in total. The molecule has 0 bridgehead atoms. The molecule has 1 aliphatic rings. The average Bonchev–Trinajstić information content (AvgIpc) is 3.44. The number of nitrogens with one attached hydrogen (secondary N) is 1. The summed E-state index contributed by atoms with van der Waals surface area (Å²) in [6, 6.07) is 14.0. The number of hydrogen-bond acceptors (Lipinski definition) is 7. The van der Waals surface area contributed by atoms with Crippen LogP contribution in [0.15, 0.2) is 53.4 Å². The summed E-state index contributed by atoms with van der Waals surface area (Å²) in [5.74, 6) is -0.461. The molecule has 0 spiro atoms. The van der Waals surface area contributed by atoms with Gasteiger partial charge in [0, 0.05) is 24.6 Å². The summed E-state index contributed by atoms with van der Waals surface area (Å²) < 4.78 is 25.7. The molecule has 0 saturated carbocycles. The summed E-state index contributed by atoms with van der Waals surface area (Å²) >= 11 is 1.20. The van der Waals surface area contributed by atoms with Crippen LogP contribution in [0.3, 0.4) is 0 Å². The molecule has 3 aromatic rings. The third kappa shape index (κ3) is 5.76. The van der Waals surface area contributed by atoms with Gasteiger partial charge in [0.1, 0.15) is 5.01 Å². The van der Waals surface area contributed by atoms with E-state index < -0.39 is 15.7 Å². The number of nitrogens with zero attached hydrogens (tertiary/aromatic N) is 3. The van der Waals surface area contributed by atoms with E-state index in [1.54, 1.807) is 17.0 Å². The molecule has 1 unspecified atom stereocenters. The Labute approximate surface area is 209 Å². The van der Waals surface area contributed by atoms with Gasteiger partial charge in [0.05, 0.1) is 16.2 Å². The summed E-state index contributed by atoms with van der Waals surface area (Å²) in [6.07, 6.45) is 0.825. The Balaban J connectivity index is 1.48. The lowest BCUT2D eigenvalue weighted by atomic mass is 10.1. The maximum atomic E-state index is 13.0. The Bertz CT molecular complexity index is 1350. The molecule has 1 fully saturated rings. The number of anilines is 2. The average molecular weight is 513 g/mol. The fourth-order valence-corrected chi connectivity index (χ4v) is 6.57. The Morgan fingerprint density at radius 1 is 1.17 bits per heavy atom. The maximum absolute atomic E-state index is 13.0. The fourth-order valence-electron chi connectivity index (χ4n) is 3.96. The van der Waals surface area contributed by atoms with E-state index >= 15 is 0 Å². The van der Waals surface area contributed by atoms with Crippen LogP contribution in [0, 0.1) is 12.8 Å². The van der Waals surface area contributed by atoms with Crippen LogP contribution in [0.4, 0.5) is 10.8 Å². The van der Waals surface area contributed by atoms with Gasteiger partial charge in [0.2, 0.25) is 11.0 Å². The van der Waals surface area contributed by atoms with E-state index in [4.69, 9.17) is 0 Å². The summed E-state index contributed by atoms with van der Waals surface area (Å²) in [5, 5.41) is 11.9. The number of carbonyl (C=O) groups excluding carboxylic acids is 2. The third-order valence-corrected chi connectivity index (χ3v) is 8.68. The van der Waals surface area contributed by atoms with Gasteiger partial charge in [-0.15, -0.1) is 10.2 Å². The number of rotatable bonds is 8. The quantitative estimate of drug-likeness (QED) is 0.478. The van der Waals surface area contributed by atoms with Crippen molar-refractivity contribution in [2.24, 2.45) is 5.92 Å². The second kappa shape index (κ2) is 10.2. The molecule has 1 atom stereocenters. The van der Waals surface area contributed by atoms with Gasteiger partial charge in [-0.1, -0.05) is 49.4 Å². The van der Waals surface area contributed by atoms with Gasteiger partial charge in [-0.05, 0) is 49.1 Å². The van der Waals surface area contributed by atoms with Crippen LogP contribution >= 0.6 is 11.3 Å². The number of sulfone groups is 1. The van der Waals surface area contributed by atoms with Crippen molar-refractivity contribution in [1.82, 2.24) is 10.2 Å². The summed E-state index contributed by atoms with van der Waals surface area (Å²) in [5.41, 5.74) is 2.01. The van der Waals surface area contributed by atoms with Crippen LogP contribution in [0.5, 0.6) is 0 Å². The first-order chi connectivity index (χ1) is 16.6. The van der Waals surface area contributed by atoms with Crippen LogP contribution in [0.2, 0.25) is 0 Å². The molecule has 4 rings (SSSR count). The predicted molar refractivity (Wildman–Crippen MR) is 137 cm³/mol. The molecular formula is C25H28N4O4S2. The van der Waals surface area contributed by atoms with Crippen molar-refractivity contribution in [2.75, 3.05) is 22.5 Å². The van der Waals surface area contributed by atoms with Gasteiger partial charge in [0.25, 0.3) is 5.91 Å². The highest BCUT2D eigenvalue weighted by molar-refractivity contribution is 7.91. The Kier molecular flexibility index (Phi) is 7.32. The number of amides is 2. The Hall–Kier alpha value is -3.11. The smallest absolute Gasteiger partial charge is 0.258 e. The monoisotopic (exact) mass is 512 g/mol. The van der Waals surface area contributed by atoms with Crippen LogP contribution in [-0.2, 0) is 14.6 Å². The number of aryl methyl sites for hydroxylation is 1. The minimum atomic E-state index is -3.61. The molecule has 1 saturated heterocycles. The van der Waals surface area contributed by atoms with Crippen LogP contribution in [0.25, 0.3) is 0 Å². The van der Waals surface area contributed by atoms with E-state index in [1.807, 2.05) is 45.0 Å². The SMILES string of the molecule is Cc1cccc(N2CC(c3nnc(NC(=O)c4ccccc4S(=O)(=O)CCC(C)C)s3)CC2=O)c1. The molecule has 35 heavy (non-hydrogen) atoms. The largest absolute Gasteiger partial charge is 0.312 e. The number of benzene rings is 2. The predicted octanol–water partition coefficient (Wildman–Crippen LogP) is 4.44. The molecule has 2 heterocycles. The van der Waals surface area contributed by atoms with E-state index in [9.17, 15) is 18.0 Å². The van der Waals surface area contributed by atoms with Crippen molar-refractivity contribution in [2.45, 2.75) is 44.4 Å². The van der Waals surface area contributed by atoms with E-state index in [0.717, 1.165) is 11.3 Å². The van der Waals surface area contributed by atoms with Crippen LogP contribution in [-0.4, -0.2) is 42.7 Å². The molecule has 0 radical (unpaired) electrons. The van der Waals surface area contributed by atoms with Gasteiger partial charge in [-0.3, -0.25) is 14.9 Å². The second-order valence-electron chi connectivity index (χ2n) is 9.14. The number of carbonyl (C=O) groups is 2. The molecule has 10 heteroatoms. The fraction of sp³-hybridized carbons (Fsp3) is 0.360. The minimum absolute atomic E-state index is 0.0121. The lowest BCUT2D eigenvalue weighted by molar-refractivity contribution is -0.117. The topological polar surface area (TPSA) is 109 Å². The van der Waals surface area contributed by atoms with Crippen molar-refractivity contribution < 1.29 is 18.0 Å². The van der Waals surface area contributed by atoms with Crippen molar-refractivity contribution in [3.63, 3.8) is 0 Å². The first-order valence-electron chi connectivity index (χ1n) is 11.5. The molecule has 1 N–H and O–H groups in total. The highest BCUT2D eigenvalue weighted by atomic mass is 32.2.